The van der Waals surface area contributed by atoms with Crippen molar-refractivity contribution in [2.45, 2.75) is 57.6 Å². The smallest absolute Gasteiger partial charge is 0.277 e. The van der Waals surface area contributed by atoms with Gasteiger partial charge in [-0.2, -0.15) is 14.7 Å². The molecule has 0 spiro atoms. The standard InChI is InChI=1S/C26H25ClFN5O2/c1-14-15(2)30-25-21(20-6-3-18(27)10-22(20)28)11-23(31-33(25)26(14)34)16-7-8-35-24(9-16)17-12-29-32(13-17)19-4-5-19/h3,6,10-13,16,19,24H,4-5,7-9H2,1-2H3/t16-,24+/m1/s1. The Bertz CT molecular complexity index is 1510. The second-order valence-electron chi connectivity index (χ2n) is 9.54. The van der Waals surface area contributed by atoms with Crippen LogP contribution in [-0.4, -0.2) is 31.0 Å². The van der Waals surface area contributed by atoms with Crippen LogP contribution in [0.25, 0.3) is 16.8 Å². The minimum Gasteiger partial charge on any atom is -0.373 e. The first kappa shape index (κ1) is 22.4. The summed E-state index contributed by atoms with van der Waals surface area (Å²) in [6.45, 7) is 4.07. The van der Waals surface area contributed by atoms with Crippen molar-refractivity contribution in [1.29, 1.82) is 0 Å². The lowest BCUT2D eigenvalue weighted by atomic mass is 9.89. The highest BCUT2D eigenvalue weighted by Crippen LogP contribution is 2.40. The van der Waals surface area contributed by atoms with E-state index in [2.05, 4.69) is 16.3 Å². The van der Waals surface area contributed by atoms with E-state index in [1.165, 1.54) is 23.4 Å². The van der Waals surface area contributed by atoms with Crippen LogP contribution in [0.5, 0.6) is 0 Å². The van der Waals surface area contributed by atoms with E-state index in [1.807, 2.05) is 16.9 Å². The molecule has 0 bridgehead atoms. The quantitative estimate of drug-likeness (QED) is 0.384. The first-order valence-electron chi connectivity index (χ1n) is 11.9. The van der Waals surface area contributed by atoms with Gasteiger partial charge in [0, 0.05) is 51.7 Å². The predicted octanol–water partition coefficient (Wildman–Crippen LogP) is 5.33. The van der Waals surface area contributed by atoms with Gasteiger partial charge in [0.1, 0.15) is 5.82 Å². The topological polar surface area (TPSA) is 74.3 Å². The van der Waals surface area contributed by atoms with Gasteiger partial charge in [-0.05, 0) is 63.8 Å². The van der Waals surface area contributed by atoms with Crippen LogP contribution in [0.4, 0.5) is 4.39 Å². The molecular formula is C26H25ClFN5O2. The SMILES string of the molecule is Cc1nc2c(-c3ccc(Cl)cc3F)cc([C@@H]3CCO[C@H](c4cnn(C5CC5)c4)C3)nn2c(=O)c1C. The van der Waals surface area contributed by atoms with Gasteiger partial charge < -0.3 is 4.74 Å². The van der Waals surface area contributed by atoms with Crippen molar-refractivity contribution in [2.75, 3.05) is 6.61 Å². The monoisotopic (exact) mass is 493 g/mol. The van der Waals surface area contributed by atoms with Crippen LogP contribution in [0.2, 0.25) is 5.02 Å². The fourth-order valence-electron chi connectivity index (χ4n) is 4.78. The number of hydrogen-bond acceptors (Lipinski definition) is 5. The zero-order valence-electron chi connectivity index (χ0n) is 19.5. The van der Waals surface area contributed by atoms with Gasteiger partial charge in [-0.15, -0.1) is 0 Å². The molecule has 9 heteroatoms. The maximum absolute atomic E-state index is 15.0. The summed E-state index contributed by atoms with van der Waals surface area (Å²) in [5, 5.41) is 9.54. The second-order valence-corrected chi connectivity index (χ2v) is 9.97. The minimum atomic E-state index is -0.471. The Morgan fingerprint density at radius 3 is 2.74 bits per heavy atom. The molecule has 1 saturated heterocycles. The molecule has 2 atom stereocenters. The maximum Gasteiger partial charge on any atom is 0.277 e. The van der Waals surface area contributed by atoms with E-state index in [9.17, 15) is 4.79 Å². The van der Waals surface area contributed by atoms with Gasteiger partial charge in [-0.3, -0.25) is 9.48 Å². The molecule has 0 unspecified atom stereocenters. The molecule has 4 heterocycles. The highest BCUT2D eigenvalue weighted by Gasteiger charge is 2.30. The van der Waals surface area contributed by atoms with Crippen molar-refractivity contribution in [3.63, 3.8) is 0 Å². The summed E-state index contributed by atoms with van der Waals surface area (Å²) in [5.74, 6) is -0.439. The van der Waals surface area contributed by atoms with E-state index in [0.717, 1.165) is 17.7 Å². The molecule has 1 aliphatic heterocycles. The molecule has 4 aromatic rings. The Labute approximate surface area is 206 Å². The molecular weight excluding hydrogens is 469 g/mol. The highest BCUT2D eigenvalue weighted by molar-refractivity contribution is 6.30. The molecule has 1 saturated carbocycles. The van der Waals surface area contributed by atoms with Gasteiger partial charge in [0.2, 0.25) is 0 Å². The fourth-order valence-corrected chi connectivity index (χ4v) is 4.94. The van der Waals surface area contributed by atoms with Crippen molar-refractivity contribution in [3.8, 4) is 11.1 Å². The summed E-state index contributed by atoms with van der Waals surface area (Å²) in [6, 6.07) is 6.90. The molecule has 6 rings (SSSR count). The van der Waals surface area contributed by atoms with Crippen molar-refractivity contribution < 1.29 is 9.13 Å². The summed E-state index contributed by atoms with van der Waals surface area (Å²) >= 11 is 6.00. The molecule has 2 fully saturated rings. The number of fused-ring (bicyclic) bond motifs is 1. The Morgan fingerprint density at radius 1 is 1.14 bits per heavy atom. The number of hydrogen-bond donors (Lipinski definition) is 0. The molecule has 180 valence electrons. The van der Waals surface area contributed by atoms with E-state index in [1.54, 1.807) is 26.0 Å². The van der Waals surface area contributed by atoms with Gasteiger partial charge in [-0.1, -0.05) is 11.6 Å². The lowest BCUT2D eigenvalue weighted by Gasteiger charge is -2.29. The lowest BCUT2D eigenvalue weighted by molar-refractivity contribution is 0.00443. The van der Waals surface area contributed by atoms with E-state index in [0.29, 0.717) is 52.1 Å². The van der Waals surface area contributed by atoms with Crippen molar-refractivity contribution in [2.24, 2.45) is 0 Å². The van der Waals surface area contributed by atoms with Gasteiger partial charge in [0.25, 0.3) is 5.56 Å². The molecule has 1 aromatic carbocycles. The zero-order valence-corrected chi connectivity index (χ0v) is 20.3. The molecule has 0 N–H and O–H groups in total. The van der Waals surface area contributed by atoms with Gasteiger partial charge in [0.15, 0.2) is 5.65 Å². The van der Waals surface area contributed by atoms with Gasteiger partial charge in [-0.25, -0.2) is 9.37 Å². The first-order valence-corrected chi connectivity index (χ1v) is 12.3. The third-order valence-corrected chi connectivity index (χ3v) is 7.35. The average Bonchev–Trinajstić information content (AvgIpc) is 3.59. The number of aromatic nitrogens is 5. The Hall–Kier alpha value is -3.10. The largest absolute Gasteiger partial charge is 0.373 e. The van der Waals surface area contributed by atoms with E-state index in [4.69, 9.17) is 21.4 Å². The van der Waals surface area contributed by atoms with Crippen LogP contribution >= 0.6 is 11.6 Å². The number of ether oxygens (including phenoxy) is 1. The molecule has 7 nitrogen and oxygen atoms in total. The predicted molar refractivity (Wildman–Crippen MR) is 130 cm³/mol. The summed E-state index contributed by atoms with van der Waals surface area (Å²) < 4.78 is 24.4. The van der Waals surface area contributed by atoms with Crippen LogP contribution in [0, 0.1) is 19.7 Å². The number of rotatable bonds is 4. The molecule has 1 aliphatic carbocycles. The van der Waals surface area contributed by atoms with Crippen molar-refractivity contribution >= 4 is 17.2 Å². The van der Waals surface area contributed by atoms with Crippen molar-refractivity contribution in [3.05, 3.63) is 80.4 Å². The summed E-state index contributed by atoms with van der Waals surface area (Å²) in [6.07, 6.45) is 7.64. The minimum absolute atomic E-state index is 0.0324. The fraction of sp³-hybridized carbons (Fsp3) is 0.385. The van der Waals surface area contributed by atoms with Crippen LogP contribution in [0.15, 0.2) is 41.5 Å². The van der Waals surface area contributed by atoms with Crippen LogP contribution in [-0.2, 0) is 4.74 Å². The third kappa shape index (κ3) is 4.04. The molecule has 2 aliphatic rings. The number of nitrogens with zero attached hydrogens (tertiary/aromatic N) is 5. The van der Waals surface area contributed by atoms with Crippen LogP contribution in [0.1, 0.15) is 66.3 Å². The van der Waals surface area contributed by atoms with Gasteiger partial charge >= 0.3 is 0 Å². The first-order chi connectivity index (χ1) is 16.9. The molecule has 3 aromatic heterocycles. The summed E-state index contributed by atoms with van der Waals surface area (Å²) in [5.41, 5.74) is 3.82. The van der Waals surface area contributed by atoms with Crippen LogP contribution < -0.4 is 5.56 Å². The normalized spacial score (nSPS) is 20.5. The Balaban J connectivity index is 1.45. The molecule has 35 heavy (non-hydrogen) atoms. The van der Waals surface area contributed by atoms with E-state index >= 15 is 4.39 Å². The average molecular weight is 494 g/mol. The number of halogens is 2. The maximum atomic E-state index is 15.0. The zero-order chi connectivity index (χ0) is 24.3. The number of aryl methyl sites for hydroxylation is 1. The third-order valence-electron chi connectivity index (χ3n) is 7.12. The number of benzene rings is 1. The van der Waals surface area contributed by atoms with Crippen LogP contribution in [0.3, 0.4) is 0 Å². The summed E-state index contributed by atoms with van der Waals surface area (Å²) in [7, 11) is 0. The highest BCUT2D eigenvalue weighted by atomic mass is 35.5. The Morgan fingerprint density at radius 2 is 1.97 bits per heavy atom. The lowest BCUT2D eigenvalue weighted by Crippen LogP contribution is -2.25. The van der Waals surface area contributed by atoms with E-state index in [-0.39, 0.29) is 17.6 Å². The molecule has 0 radical (unpaired) electrons. The van der Waals surface area contributed by atoms with Gasteiger partial charge in [0.05, 0.1) is 24.0 Å². The Kier molecular flexibility index (Phi) is 5.45. The molecule has 0 amide bonds. The second kappa shape index (κ2) is 8.53. The van der Waals surface area contributed by atoms with Crippen molar-refractivity contribution in [1.82, 2.24) is 24.4 Å². The summed E-state index contributed by atoms with van der Waals surface area (Å²) in [4.78, 5) is 17.8. The van der Waals surface area contributed by atoms with E-state index < -0.39 is 5.82 Å².